The lowest BCUT2D eigenvalue weighted by molar-refractivity contribution is 0.302. The van der Waals surface area contributed by atoms with Gasteiger partial charge in [0.1, 0.15) is 0 Å². The molecule has 0 aromatic heterocycles. The number of hydrogen-bond donors (Lipinski definition) is 1. The minimum Gasteiger partial charge on any atom is -0.316 e. The van der Waals surface area contributed by atoms with E-state index in [0.717, 1.165) is 17.5 Å². The van der Waals surface area contributed by atoms with Crippen molar-refractivity contribution in [3.63, 3.8) is 0 Å². The fourth-order valence-electron chi connectivity index (χ4n) is 2.81. The predicted molar refractivity (Wildman–Crippen MR) is 84.8 cm³/mol. The van der Waals surface area contributed by atoms with E-state index in [1.807, 2.05) is 40.2 Å². The lowest BCUT2D eigenvalue weighted by Gasteiger charge is -2.21. The summed E-state index contributed by atoms with van der Waals surface area (Å²) in [5.41, 5.74) is 1.88. The van der Waals surface area contributed by atoms with E-state index in [9.17, 15) is 8.42 Å². The summed E-state index contributed by atoms with van der Waals surface area (Å²) in [5, 5.41) is 3.08. The van der Waals surface area contributed by atoms with Gasteiger partial charge in [-0.25, -0.2) is 8.42 Å². The average Bonchev–Trinajstić information content (AvgIpc) is 2.91. The van der Waals surface area contributed by atoms with Gasteiger partial charge in [0.2, 0.25) is 10.0 Å². The largest absolute Gasteiger partial charge is 0.316 e. The second-order valence-electron chi connectivity index (χ2n) is 5.84. The van der Waals surface area contributed by atoms with E-state index < -0.39 is 10.0 Å². The SMILES string of the molecule is CNCc1cccc(S(=O)(=O)N2CCC(N(C)C)C2)c1C. The average molecular weight is 311 g/mol. The van der Waals surface area contributed by atoms with Gasteiger partial charge in [0.25, 0.3) is 0 Å². The standard InChI is InChI=1S/C15H25N3O2S/c1-12-13(10-16-2)6-5-7-15(12)21(19,20)18-9-8-14(11-18)17(3)4/h5-7,14,16H,8-11H2,1-4H3. The molecule has 1 atom stereocenters. The van der Waals surface area contributed by atoms with Crippen molar-refractivity contribution in [3.8, 4) is 0 Å². The van der Waals surface area contributed by atoms with Gasteiger partial charge in [0.05, 0.1) is 4.90 Å². The number of sulfonamides is 1. The van der Waals surface area contributed by atoms with Crippen LogP contribution in [0.4, 0.5) is 0 Å². The van der Waals surface area contributed by atoms with Crippen LogP contribution in [0.2, 0.25) is 0 Å². The first-order chi connectivity index (χ1) is 9.87. The molecular weight excluding hydrogens is 286 g/mol. The van der Waals surface area contributed by atoms with Crippen LogP contribution in [0, 0.1) is 6.92 Å². The van der Waals surface area contributed by atoms with E-state index in [-0.39, 0.29) is 0 Å². The summed E-state index contributed by atoms with van der Waals surface area (Å²) in [6.07, 6.45) is 0.890. The number of rotatable bonds is 5. The molecule has 1 aromatic carbocycles. The predicted octanol–water partition coefficient (Wildman–Crippen LogP) is 1.04. The zero-order chi connectivity index (χ0) is 15.6. The van der Waals surface area contributed by atoms with Gasteiger partial charge in [-0.1, -0.05) is 12.1 Å². The van der Waals surface area contributed by atoms with Gasteiger partial charge in [-0.3, -0.25) is 0 Å². The second kappa shape index (κ2) is 6.44. The highest BCUT2D eigenvalue weighted by molar-refractivity contribution is 7.89. The molecular formula is C15H25N3O2S. The first kappa shape index (κ1) is 16.4. The van der Waals surface area contributed by atoms with Gasteiger partial charge < -0.3 is 10.2 Å². The van der Waals surface area contributed by atoms with Crippen molar-refractivity contribution in [1.82, 2.24) is 14.5 Å². The van der Waals surface area contributed by atoms with Crippen LogP contribution < -0.4 is 5.32 Å². The third-order valence-electron chi connectivity index (χ3n) is 4.24. The van der Waals surface area contributed by atoms with E-state index in [4.69, 9.17) is 0 Å². The Morgan fingerprint density at radius 2 is 2.10 bits per heavy atom. The lowest BCUT2D eigenvalue weighted by atomic mass is 10.1. The maximum Gasteiger partial charge on any atom is 0.243 e. The molecule has 5 nitrogen and oxygen atoms in total. The van der Waals surface area contributed by atoms with Crippen LogP contribution in [0.3, 0.4) is 0 Å². The Balaban J connectivity index is 2.31. The molecule has 2 rings (SSSR count). The highest BCUT2D eigenvalue weighted by Gasteiger charge is 2.34. The van der Waals surface area contributed by atoms with E-state index >= 15 is 0 Å². The molecule has 0 radical (unpaired) electrons. The summed E-state index contributed by atoms with van der Waals surface area (Å²) in [6, 6.07) is 5.82. The van der Waals surface area contributed by atoms with Crippen molar-refractivity contribution in [3.05, 3.63) is 29.3 Å². The Hall–Kier alpha value is -0.950. The Morgan fingerprint density at radius 3 is 2.67 bits per heavy atom. The van der Waals surface area contributed by atoms with E-state index in [1.54, 1.807) is 10.4 Å². The summed E-state index contributed by atoms with van der Waals surface area (Å²) in [5.74, 6) is 0. The van der Waals surface area contributed by atoms with E-state index in [1.165, 1.54) is 0 Å². The van der Waals surface area contributed by atoms with Crippen LogP contribution in [0.1, 0.15) is 17.5 Å². The number of nitrogens with zero attached hydrogens (tertiary/aromatic N) is 2. The number of nitrogens with one attached hydrogen (secondary N) is 1. The molecule has 6 heteroatoms. The molecule has 0 bridgehead atoms. The summed E-state index contributed by atoms with van der Waals surface area (Å²) >= 11 is 0. The van der Waals surface area contributed by atoms with Crippen molar-refractivity contribution in [1.29, 1.82) is 0 Å². The lowest BCUT2D eigenvalue weighted by Crippen LogP contribution is -2.34. The molecule has 1 unspecified atom stereocenters. The first-order valence-corrected chi connectivity index (χ1v) is 8.71. The van der Waals surface area contributed by atoms with Crippen LogP contribution in [-0.2, 0) is 16.6 Å². The topological polar surface area (TPSA) is 52.7 Å². The molecule has 1 heterocycles. The number of likely N-dealkylation sites (N-methyl/N-ethyl adjacent to an activating group) is 1. The van der Waals surface area contributed by atoms with Crippen molar-refractivity contribution in [2.75, 3.05) is 34.2 Å². The fraction of sp³-hybridized carbons (Fsp3) is 0.600. The van der Waals surface area contributed by atoms with Crippen molar-refractivity contribution in [2.45, 2.75) is 30.8 Å². The van der Waals surface area contributed by atoms with E-state index in [0.29, 0.717) is 30.6 Å². The number of benzene rings is 1. The molecule has 0 saturated carbocycles. The second-order valence-corrected chi connectivity index (χ2v) is 7.75. The van der Waals surface area contributed by atoms with Crippen molar-refractivity contribution >= 4 is 10.0 Å². The molecule has 1 aromatic rings. The third kappa shape index (κ3) is 3.29. The Kier molecular flexibility index (Phi) is 5.03. The normalized spacial score (nSPS) is 20.3. The molecule has 1 aliphatic heterocycles. The van der Waals surface area contributed by atoms with Gasteiger partial charge >= 0.3 is 0 Å². The van der Waals surface area contributed by atoms with Gasteiger partial charge in [0, 0.05) is 25.7 Å². The highest BCUT2D eigenvalue weighted by atomic mass is 32.2. The van der Waals surface area contributed by atoms with E-state index in [2.05, 4.69) is 10.2 Å². The van der Waals surface area contributed by atoms with Crippen LogP contribution in [0.5, 0.6) is 0 Å². The first-order valence-electron chi connectivity index (χ1n) is 7.27. The zero-order valence-corrected chi connectivity index (χ0v) is 14.1. The Labute approximate surface area is 128 Å². The Morgan fingerprint density at radius 1 is 1.38 bits per heavy atom. The maximum absolute atomic E-state index is 12.9. The molecule has 1 fully saturated rings. The monoisotopic (exact) mass is 311 g/mol. The Bertz CT molecular complexity index is 599. The van der Waals surface area contributed by atoms with Crippen molar-refractivity contribution in [2.24, 2.45) is 0 Å². The van der Waals surface area contributed by atoms with Crippen LogP contribution in [0.15, 0.2) is 23.1 Å². The van der Waals surface area contributed by atoms with Gasteiger partial charge in [0.15, 0.2) is 0 Å². The van der Waals surface area contributed by atoms with Crippen LogP contribution in [-0.4, -0.2) is 57.9 Å². The summed E-state index contributed by atoms with van der Waals surface area (Å²) in [6.45, 7) is 3.74. The molecule has 1 aliphatic rings. The summed E-state index contributed by atoms with van der Waals surface area (Å²) in [7, 11) is 2.47. The van der Waals surface area contributed by atoms with Crippen molar-refractivity contribution < 1.29 is 8.42 Å². The maximum atomic E-state index is 12.9. The summed E-state index contributed by atoms with van der Waals surface area (Å²) < 4.78 is 27.3. The molecule has 21 heavy (non-hydrogen) atoms. The minimum atomic E-state index is -3.40. The molecule has 0 spiro atoms. The number of hydrogen-bond acceptors (Lipinski definition) is 4. The minimum absolute atomic E-state index is 0.306. The fourth-order valence-corrected chi connectivity index (χ4v) is 4.57. The molecule has 0 amide bonds. The third-order valence-corrected chi connectivity index (χ3v) is 6.25. The highest BCUT2D eigenvalue weighted by Crippen LogP contribution is 2.26. The molecule has 1 saturated heterocycles. The van der Waals surface area contributed by atoms with Gasteiger partial charge in [-0.05, 0) is 51.7 Å². The van der Waals surface area contributed by atoms with Crippen LogP contribution >= 0.6 is 0 Å². The molecule has 118 valence electrons. The van der Waals surface area contributed by atoms with Gasteiger partial charge in [-0.2, -0.15) is 4.31 Å². The zero-order valence-electron chi connectivity index (χ0n) is 13.3. The smallest absolute Gasteiger partial charge is 0.243 e. The quantitative estimate of drug-likeness (QED) is 0.883. The summed E-state index contributed by atoms with van der Waals surface area (Å²) in [4.78, 5) is 2.54. The van der Waals surface area contributed by atoms with Crippen LogP contribution in [0.25, 0.3) is 0 Å². The molecule has 0 aliphatic carbocycles. The molecule has 1 N–H and O–H groups in total. The van der Waals surface area contributed by atoms with Gasteiger partial charge in [-0.15, -0.1) is 0 Å².